The minimum absolute atomic E-state index is 0.0901. The number of hydrogen-bond donors (Lipinski definition) is 2. The highest BCUT2D eigenvalue weighted by molar-refractivity contribution is 5.88. The lowest BCUT2D eigenvalue weighted by molar-refractivity contribution is -0.120. The molecule has 1 unspecified atom stereocenters. The number of rotatable bonds is 3. The van der Waals surface area contributed by atoms with Gasteiger partial charge < -0.3 is 11.1 Å². The number of nitrogens with two attached hydrogens (primary N) is 1. The molecule has 0 amide bonds. The third-order valence-electron chi connectivity index (χ3n) is 3.83. The van der Waals surface area contributed by atoms with Crippen molar-refractivity contribution in [1.82, 2.24) is 5.32 Å². The molecule has 3 rings (SSSR count). The highest BCUT2D eigenvalue weighted by atomic mass is 19.1. The van der Waals surface area contributed by atoms with E-state index in [2.05, 4.69) is 5.32 Å². The molecule has 0 fully saturated rings. The number of nitrogens with one attached hydrogen (secondary N) is 1. The Kier molecular flexibility index (Phi) is 3.71. The molecule has 21 heavy (non-hydrogen) atoms. The summed E-state index contributed by atoms with van der Waals surface area (Å²) in [6.07, 6.45) is 1.17. The number of halogens is 1. The Morgan fingerprint density at radius 2 is 2.00 bits per heavy atom. The SMILES string of the molecule is Nc1ccc2c(c1)CCNC2C(=O)Cc1ccc(F)cc1. The second-order valence-corrected chi connectivity index (χ2v) is 5.36. The molecule has 1 atom stereocenters. The van der Waals surface area contributed by atoms with Crippen molar-refractivity contribution in [3.8, 4) is 0 Å². The summed E-state index contributed by atoms with van der Waals surface area (Å²) in [6, 6.07) is 11.4. The van der Waals surface area contributed by atoms with Gasteiger partial charge in [0.15, 0.2) is 5.78 Å². The Bertz CT molecular complexity index is 667. The molecule has 0 spiro atoms. The van der Waals surface area contributed by atoms with Crippen LogP contribution in [-0.4, -0.2) is 12.3 Å². The second-order valence-electron chi connectivity index (χ2n) is 5.36. The molecular formula is C17H17FN2O. The maximum atomic E-state index is 12.9. The summed E-state index contributed by atoms with van der Waals surface area (Å²) >= 11 is 0. The van der Waals surface area contributed by atoms with E-state index in [9.17, 15) is 9.18 Å². The van der Waals surface area contributed by atoms with Gasteiger partial charge in [0.2, 0.25) is 0 Å². The summed E-state index contributed by atoms with van der Waals surface area (Å²) in [6.45, 7) is 0.760. The summed E-state index contributed by atoms with van der Waals surface area (Å²) in [5, 5.41) is 3.26. The van der Waals surface area contributed by atoms with Crippen molar-refractivity contribution in [2.75, 3.05) is 12.3 Å². The van der Waals surface area contributed by atoms with Crippen LogP contribution in [0.15, 0.2) is 42.5 Å². The van der Waals surface area contributed by atoms with Crippen LogP contribution in [0.1, 0.15) is 22.7 Å². The number of nitrogen functional groups attached to an aromatic ring is 1. The van der Waals surface area contributed by atoms with Gasteiger partial charge in [-0.2, -0.15) is 0 Å². The lowest BCUT2D eigenvalue weighted by Gasteiger charge is -2.26. The van der Waals surface area contributed by atoms with Crippen molar-refractivity contribution in [1.29, 1.82) is 0 Å². The van der Waals surface area contributed by atoms with E-state index in [-0.39, 0.29) is 17.6 Å². The van der Waals surface area contributed by atoms with Gasteiger partial charge in [0, 0.05) is 18.7 Å². The molecule has 0 radical (unpaired) electrons. The van der Waals surface area contributed by atoms with Gasteiger partial charge in [-0.15, -0.1) is 0 Å². The van der Waals surface area contributed by atoms with Crippen molar-refractivity contribution in [3.05, 3.63) is 65.0 Å². The molecule has 4 heteroatoms. The molecule has 1 heterocycles. The van der Waals surface area contributed by atoms with Crippen molar-refractivity contribution < 1.29 is 9.18 Å². The van der Waals surface area contributed by atoms with E-state index in [1.165, 1.54) is 12.1 Å². The van der Waals surface area contributed by atoms with Crippen LogP contribution in [-0.2, 0) is 17.6 Å². The van der Waals surface area contributed by atoms with Gasteiger partial charge in [-0.3, -0.25) is 4.79 Å². The smallest absolute Gasteiger partial charge is 0.158 e. The fraction of sp³-hybridized carbons (Fsp3) is 0.235. The van der Waals surface area contributed by atoms with Crippen LogP contribution in [0.3, 0.4) is 0 Å². The van der Waals surface area contributed by atoms with E-state index in [1.807, 2.05) is 18.2 Å². The topological polar surface area (TPSA) is 55.1 Å². The monoisotopic (exact) mass is 284 g/mol. The third kappa shape index (κ3) is 2.95. The van der Waals surface area contributed by atoms with Crippen LogP contribution >= 0.6 is 0 Å². The summed E-state index contributed by atoms with van der Waals surface area (Å²) < 4.78 is 12.9. The molecule has 0 aromatic heterocycles. The molecule has 108 valence electrons. The Morgan fingerprint density at radius 1 is 1.24 bits per heavy atom. The number of ketones is 1. The first-order valence-electron chi connectivity index (χ1n) is 7.02. The van der Waals surface area contributed by atoms with Crippen molar-refractivity contribution in [2.24, 2.45) is 0 Å². The number of fused-ring (bicyclic) bond motifs is 1. The first kappa shape index (κ1) is 13.8. The zero-order chi connectivity index (χ0) is 14.8. The van der Waals surface area contributed by atoms with Gasteiger partial charge in [0.25, 0.3) is 0 Å². The Balaban J connectivity index is 1.81. The van der Waals surface area contributed by atoms with E-state index >= 15 is 0 Å². The third-order valence-corrected chi connectivity index (χ3v) is 3.83. The maximum Gasteiger partial charge on any atom is 0.158 e. The molecule has 2 aromatic rings. The minimum Gasteiger partial charge on any atom is -0.399 e. The number of carbonyl (C=O) groups excluding carboxylic acids is 1. The summed E-state index contributed by atoms with van der Waals surface area (Å²) in [4.78, 5) is 12.5. The van der Waals surface area contributed by atoms with Gasteiger partial charge >= 0.3 is 0 Å². The van der Waals surface area contributed by atoms with Crippen LogP contribution in [0.5, 0.6) is 0 Å². The number of benzene rings is 2. The normalized spacial score (nSPS) is 17.3. The van der Waals surface area contributed by atoms with Crippen LogP contribution in [0.25, 0.3) is 0 Å². The first-order valence-corrected chi connectivity index (χ1v) is 7.02. The number of Topliss-reactive ketones (excluding diaryl/α,β-unsaturated/α-hetero) is 1. The van der Waals surface area contributed by atoms with Crippen LogP contribution in [0, 0.1) is 5.82 Å². The van der Waals surface area contributed by atoms with Gasteiger partial charge in [0.1, 0.15) is 5.82 Å². The largest absolute Gasteiger partial charge is 0.399 e. The fourth-order valence-corrected chi connectivity index (χ4v) is 2.78. The lowest BCUT2D eigenvalue weighted by atomic mass is 9.89. The van der Waals surface area contributed by atoms with E-state index in [1.54, 1.807) is 12.1 Å². The van der Waals surface area contributed by atoms with E-state index in [0.717, 1.165) is 35.3 Å². The van der Waals surface area contributed by atoms with Gasteiger partial charge in [-0.25, -0.2) is 4.39 Å². The minimum atomic E-state index is -0.306. The standard InChI is InChI=1S/C17H17FN2O/c18-13-3-1-11(2-4-13)9-16(21)17-15-6-5-14(19)10-12(15)7-8-20-17/h1-6,10,17,20H,7-9,19H2. The predicted molar refractivity (Wildman–Crippen MR) is 80.4 cm³/mol. The van der Waals surface area contributed by atoms with Crippen LogP contribution < -0.4 is 11.1 Å². The number of hydrogen-bond acceptors (Lipinski definition) is 3. The average Bonchev–Trinajstić information content (AvgIpc) is 2.48. The highest BCUT2D eigenvalue weighted by Crippen LogP contribution is 2.26. The number of carbonyl (C=O) groups is 1. The van der Waals surface area contributed by atoms with Crippen LogP contribution in [0.4, 0.5) is 10.1 Å². The quantitative estimate of drug-likeness (QED) is 0.851. The van der Waals surface area contributed by atoms with Gasteiger partial charge in [0.05, 0.1) is 6.04 Å². The van der Waals surface area contributed by atoms with Crippen molar-refractivity contribution >= 4 is 11.5 Å². The Labute approximate surface area is 123 Å². The van der Waals surface area contributed by atoms with Crippen molar-refractivity contribution in [3.63, 3.8) is 0 Å². The number of anilines is 1. The fourth-order valence-electron chi connectivity index (χ4n) is 2.78. The summed E-state index contributed by atoms with van der Waals surface area (Å²) in [5.41, 5.74) is 9.48. The molecule has 0 saturated carbocycles. The Hall–Kier alpha value is -2.20. The molecule has 0 saturated heterocycles. The van der Waals surface area contributed by atoms with Gasteiger partial charge in [-0.1, -0.05) is 18.2 Å². The molecule has 1 aliphatic rings. The zero-order valence-corrected chi connectivity index (χ0v) is 11.6. The Morgan fingerprint density at radius 3 is 2.76 bits per heavy atom. The predicted octanol–water partition coefficient (Wildman–Crippen LogP) is 2.41. The van der Waals surface area contributed by atoms with E-state index in [4.69, 9.17) is 5.73 Å². The molecule has 0 bridgehead atoms. The van der Waals surface area contributed by atoms with Gasteiger partial charge in [-0.05, 0) is 47.4 Å². The van der Waals surface area contributed by atoms with Crippen molar-refractivity contribution in [2.45, 2.75) is 18.9 Å². The molecule has 2 aromatic carbocycles. The average molecular weight is 284 g/mol. The first-order chi connectivity index (χ1) is 10.1. The molecule has 3 nitrogen and oxygen atoms in total. The molecule has 3 N–H and O–H groups in total. The molecule has 1 aliphatic heterocycles. The maximum absolute atomic E-state index is 12.9. The lowest BCUT2D eigenvalue weighted by Crippen LogP contribution is -2.36. The van der Waals surface area contributed by atoms with E-state index in [0.29, 0.717) is 6.42 Å². The summed E-state index contributed by atoms with van der Waals surface area (Å²) in [7, 11) is 0. The highest BCUT2D eigenvalue weighted by Gasteiger charge is 2.25. The molecular weight excluding hydrogens is 267 g/mol. The second kappa shape index (κ2) is 5.66. The summed E-state index contributed by atoms with van der Waals surface area (Å²) in [5.74, 6) is -0.199. The molecule has 0 aliphatic carbocycles. The van der Waals surface area contributed by atoms with E-state index < -0.39 is 0 Å². The zero-order valence-electron chi connectivity index (χ0n) is 11.6. The van der Waals surface area contributed by atoms with Crippen LogP contribution in [0.2, 0.25) is 0 Å².